The van der Waals surface area contributed by atoms with Gasteiger partial charge in [0.2, 0.25) is 0 Å². The van der Waals surface area contributed by atoms with Crippen LogP contribution >= 0.6 is 0 Å². The fourth-order valence-corrected chi connectivity index (χ4v) is 4.73. The second-order valence-corrected chi connectivity index (χ2v) is 9.04. The Kier molecular flexibility index (Phi) is 7.19. The normalized spacial score (nSPS) is 16.8. The average molecular weight is 515 g/mol. The number of aliphatic hydroxyl groups is 1. The first-order valence-electron chi connectivity index (χ1n) is 12.3. The first-order chi connectivity index (χ1) is 18.5. The Hall–Kier alpha value is -4.50. The molecule has 0 spiro atoms. The van der Waals surface area contributed by atoms with Gasteiger partial charge in [-0.2, -0.15) is 0 Å². The topological polar surface area (TPSA) is 108 Å². The molecule has 9 heteroatoms. The maximum absolute atomic E-state index is 14.5. The number of ether oxygens (including phenoxy) is 1. The lowest BCUT2D eigenvalue weighted by Gasteiger charge is -2.29. The summed E-state index contributed by atoms with van der Waals surface area (Å²) in [4.78, 5) is 35.9. The number of halogens is 1. The molecule has 3 amide bonds. The number of aromatic amines is 1. The van der Waals surface area contributed by atoms with Gasteiger partial charge in [-0.25, -0.2) is 14.2 Å². The molecule has 1 saturated heterocycles. The van der Waals surface area contributed by atoms with E-state index in [2.05, 4.69) is 15.3 Å². The SMILES string of the molecule is CC(c1ccccc1)[C@@H](c1ncc(-c2ccccc2F)[nH]1)N1C(=O)N[C@H](c2ccc(OCCO)cc2)C1=O. The molecule has 3 atom stereocenters. The number of hydrogen-bond donors (Lipinski definition) is 3. The van der Waals surface area contributed by atoms with Crippen LogP contribution in [0.25, 0.3) is 11.3 Å². The van der Waals surface area contributed by atoms with Gasteiger partial charge < -0.3 is 20.1 Å². The lowest BCUT2D eigenvalue weighted by Crippen LogP contribution is -2.38. The number of nitrogens with zero attached hydrogens (tertiary/aromatic N) is 2. The van der Waals surface area contributed by atoms with Crippen LogP contribution in [0, 0.1) is 5.82 Å². The molecule has 0 radical (unpaired) electrons. The molecule has 1 unspecified atom stereocenters. The van der Waals surface area contributed by atoms with Crippen LogP contribution in [-0.4, -0.2) is 45.1 Å². The van der Waals surface area contributed by atoms with Crippen molar-refractivity contribution < 1.29 is 23.8 Å². The van der Waals surface area contributed by atoms with Crippen molar-refractivity contribution in [3.05, 3.63) is 108 Å². The third-order valence-corrected chi connectivity index (χ3v) is 6.66. The van der Waals surface area contributed by atoms with E-state index in [1.165, 1.54) is 17.2 Å². The maximum atomic E-state index is 14.5. The van der Waals surface area contributed by atoms with Crippen LogP contribution in [0.5, 0.6) is 5.75 Å². The number of amides is 3. The van der Waals surface area contributed by atoms with E-state index in [0.29, 0.717) is 28.4 Å². The zero-order valence-electron chi connectivity index (χ0n) is 20.7. The second-order valence-electron chi connectivity index (χ2n) is 9.04. The summed E-state index contributed by atoms with van der Waals surface area (Å²) in [7, 11) is 0. The Balaban J connectivity index is 1.50. The van der Waals surface area contributed by atoms with Crippen molar-refractivity contribution in [2.45, 2.75) is 24.9 Å². The molecule has 5 rings (SSSR count). The standard InChI is InChI=1S/C29H27FN4O4/c1-18(19-7-3-2-4-8-19)26(27-31-17-24(32-27)22-9-5-6-10-23(22)30)34-28(36)25(33-29(34)37)20-11-13-21(14-12-20)38-16-15-35/h2-14,17-18,25-26,35H,15-16H2,1H3,(H,31,32)(H,33,37)/t18?,25-,26+/m1/s1. The minimum atomic E-state index is -0.888. The van der Waals surface area contributed by atoms with Crippen LogP contribution in [0.15, 0.2) is 85.1 Å². The van der Waals surface area contributed by atoms with Crippen LogP contribution < -0.4 is 10.1 Å². The average Bonchev–Trinajstić information content (AvgIpc) is 3.54. The number of H-pyrrole nitrogens is 1. The minimum absolute atomic E-state index is 0.111. The number of imidazole rings is 1. The van der Waals surface area contributed by atoms with Crippen LogP contribution in [0.2, 0.25) is 0 Å². The number of nitrogens with one attached hydrogen (secondary N) is 2. The number of aromatic nitrogens is 2. The highest BCUT2D eigenvalue weighted by Gasteiger charge is 2.46. The number of aliphatic hydroxyl groups excluding tert-OH is 1. The molecule has 0 bridgehead atoms. The summed E-state index contributed by atoms with van der Waals surface area (Å²) in [5.41, 5.74) is 2.30. The Morgan fingerprint density at radius 1 is 1.03 bits per heavy atom. The molecule has 194 valence electrons. The van der Waals surface area contributed by atoms with Gasteiger partial charge in [0.1, 0.15) is 36.1 Å². The number of carbonyl (C=O) groups excluding carboxylic acids is 2. The summed E-state index contributed by atoms with van der Waals surface area (Å²) >= 11 is 0. The van der Waals surface area contributed by atoms with Crippen LogP contribution in [0.4, 0.5) is 9.18 Å². The molecule has 2 heterocycles. The monoisotopic (exact) mass is 514 g/mol. The van der Waals surface area contributed by atoms with Crippen molar-refractivity contribution in [3.8, 4) is 17.0 Å². The molecule has 4 aromatic rings. The second kappa shape index (κ2) is 10.9. The molecule has 1 aliphatic heterocycles. The van der Waals surface area contributed by atoms with E-state index in [1.807, 2.05) is 37.3 Å². The quantitative estimate of drug-likeness (QED) is 0.280. The van der Waals surface area contributed by atoms with Crippen molar-refractivity contribution >= 4 is 11.9 Å². The summed E-state index contributed by atoms with van der Waals surface area (Å²) in [5.74, 6) is -0.231. The van der Waals surface area contributed by atoms with E-state index in [9.17, 15) is 14.0 Å². The van der Waals surface area contributed by atoms with Gasteiger partial charge in [-0.05, 0) is 35.4 Å². The predicted molar refractivity (Wildman–Crippen MR) is 139 cm³/mol. The van der Waals surface area contributed by atoms with Gasteiger partial charge in [-0.1, -0.05) is 61.5 Å². The first-order valence-corrected chi connectivity index (χ1v) is 12.3. The molecule has 0 saturated carbocycles. The fourth-order valence-electron chi connectivity index (χ4n) is 4.73. The summed E-state index contributed by atoms with van der Waals surface area (Å²) in [5, 5.41) is 11.7. The van der Waals surface area contributed by atoms with Crippen molar-refractivity contribution in [1.82, 2.24) is 20.2 Å². The summed E-state index contributed by atoms with van der Waals surface area (Å²) < 4.78 is 19.9. The van der Waals surface area contributed by atoms with Gasteiger partial charge in [0.15, 0.2) is 0 Å². The molecule has 1 aliphatic rings. The highest BCUT2D eigenvalue weighted by atomic mass is 19.1. The van der Waals surface area contributed by atoms with Gasteiger partial charge in [0.05, 0.1) is 18.5 Å². The van der Waals surface area contributed by atoms with Crippen molar-refractivity contribution in [2.24, 2.45) is 0 Å². The fraction of sp³-hybridized carbons (Fsp3) is 0.207. The third kappa shape index (κ3) is 4.88. The number of urea groups is 1. The zero-order chi connectivity index (χ0) is 26.6. The summed E-state index contributed by atoms with van der Waals surface area (Å²) in [6.45, 7) is 1.97. The van der Waals surface area contributed by atoms with Crippen LogP contribution in [-0.2, 0) is 4.79 Å². The summed E-state index contributed by atoms with van der Waals surface area (Å²) in [6, 6.07) is 20.5. The van der Waals surface area contributed by atoms with Crippen molar-refractivity contribution in [3.63, 3.8) is 0 Å². The van der Waals surface area contributed by atoms with Gasteiger partial charge in [-0.15, -0.1) is 0 Å². The van der Waals surface area contributed by atoms with Crippen molar-refractivity contribution in [1.29, 1.82) is 0 Å². The number of hydrogen-bond acceptors (Lipinski definition) is 5. The maximum Gasteiger partial charge on any atom is 0.325 e. The minimum Gasteiger partial charge on any atom is -0.491 e. The molecule has 0 aliphatic carbocycles. The lowest BCUT2D eigenvalue weighted by atomic mass is 9.91. The van der Waals surface area contributed by atoms with Gasteiger partial charge >= 0.3 is 6.03 Å². The van der Waals surface area contributed by atoms with Crippen LogP contribution in [0.3, 0.4) is 0 Å². The molecular formula is C29H27FN4O4. The zero-order valence-corrected chi connectivity index (χ0v) is 20.7. The van der Waals surface area contributed by atoms with Gasteiger partial charge in [0.25, 0.3) is 5.91 Å². The molecule has 3 N–H and O–H groups in total. The van der Waals surface area contributed by atoms with Gasteiger partial charge in [0, 0.05) is 11.5 Å². The number of imide groups is 1. The number of benzene rings is 3. The summed E-state index contributed by atoms with van der Waals surface area (Å²) in [6.07, 6.45) is 1.51. The molecular weight excluding hydrogens is 487 g/mol. The number of rotatable bonds is 9. The van der Waals surface area contributed by atoms with E-state index in [4.69, 9.17) is 9.84 Å². The van der Waals surface area contributed by atoms with Crippen LogP contribution in [0.1, 0.15) is 41.9 Å². The molecule has 8 nitrogen and oxygen atoms in total. The van der Waals surface area contributed by atoms with Crippen molar-refractivity contribution in [2.75, 3.05) is 13.2 Å². The highest BCUT2D eigenvalue weighted by Crippen LogP contribution is 2.39. The van der Waals surface area contributed by atoms with Gasteiger partial charge in [-0.3, -0.25) is 9.69 Å². The van der Waals surface area contributed by atoms with E-state index in [-0.39, 0.29) is 19.1 Å². The molecule has 3 aromatic carbocycles. The molecule has 38 heavy (non-hydrogen) atoms. The highest BCUT2D eigenvalue weighted by molar-refractivity contribution is 6.05. The smallest absolute Gasteiger partial charge is 0.325 e. The Bertz CT molecular complexity index is 1420. The van der Waals surface area contributed by atoms with E-state index in [1.54, 1.807) is 42.5 Å². The van der Waals surface area contributed by atoms with E-state index < -0.39 is 29.8 Å². The lowest BCUT2D eigenvalue weighted by molar-refractivity contribution is -0.129. The Morgan fingerprint density at radius 3 is 2.45 bits per heavy atom. The van der Waals surface area contributed by atoms with E-state index in [0.717, 1.165) is 5.56 Å². The molecule has 1 fully saturated rings. The third-order valence-electron chi connectivity index (χ3n) is 6.66. The molecule has 1 aromatic heterocycles. The van der Waals surface area contributed by atoms with E-state index >= 15 is 0 Å². The largest absolute Gasteiger partial charge is 0.491 e. The Morgan fingerprint density at radius 2 is 1.74 bits per heavy atom. The first kappa shape index (κ1) is 25.2. The number of carbonyl (C=O) groups is 2. The predicted octanol–water partition coefficient (Wildman–Crippen LogP) is 4.72. The Labute approximate surface area is 219 Å².